The van der Waals surface area contributed by atoms with Crippen molar-refractivity contribution < 1.29 is 26.7 Å². The summed E-state index contributed by atoms with van der Waals surface area (Å²) in [7, 11) is 0. The second-order valence-corrected chi connectivity index (χ2v) is 5.27. The van der Waals surface area contributed by atoms with E-state index in [9.17, 15) is 26.7 Å². The van der Waals surface area contributed by atoms with Crippen molar-refractivity contribution in [3.8, 4) is 0 Å². The van der Waals surface area contributed by atoms with Crippen molar-refractivity contribution in [3.05, 3.63) is 65.1 Å². The number of benzene rings is 1. The van der Waals surface area contributed by atoms with Gasteiger partial charge >= 0.3 is 6.18 Å². The van der Waals surface area contributed by atoms with Gasteiger partial charge in [0, 0.05) is 12.3 Å². The second kappa shape index (κ2) is 5.83. The number of aromatic nitrogens is 2. The molecule has 0 fully saturated rings. The van der Waals surface area contributed by atoms with Crippen LogP contribution in [0.3, 0.4) is 0 Å². The van der Waals surface area contributed by atoms with Gasteiger partial charge in [0.25, 0.3) is 5.91 Å². The van der Waals surface area contributed by atoms with Gasteiger partial charge in [0.15, 0.2) is 0 Å². The SMILES string of the molecule is Cc1nc2ccc(C(F)(F)F)cn2c1C(=O)Nc1cc(F)ccc1F. The van der Waals surface area contributed by atoms with E-state index in [1.54, 1.807) is 0 Å². The first-order valence-corrected chi connectivity index (χ1v) is 6.99. The number of nitrogens with one attached hydrogen (secondary N) is 1. The summed E-state index contributed by atoms with van der Waals surface area (Å²) in [6.07, 6.45) is -3.87. The number of carbonyl (C=O) groups excluding carboxylic acids is 1. The van der Waals surface area contributed by atoms with Crippen LogP contribution in [0.25, 0.3) is 5.65 Å². The Labute approximate surface area is 137 Å². The summed E-state index contributed by atoms with van der Waals surface area (Å²) in [5, 5.41) is 2.15. The van der Waals surface area contributed by atoms with Crippen LogP contribution in [0.2, 0.25) is 0 Å². The van der Waals surface area contributed by atoms with Gasteiger partial charge in [0.1, 0.15) is 23.0 Å². The molecule has 0 spiro atoms. The van der Waals surface area contributed by atoms with E-state index in [0.717, 1.165) is 40.9 Å². The van der Waals surface area contributed by atoms with Gasteiger partial charge in [0.05, 0.1) is 16.9 Å². The molecule has 4 nitrogen and oxygen atoms in total. The van der Waals surface area contributed by atoms with Gasteiger partial charge in [-0.2, -0.15) is 13.2 Å². The van der Waals surface area contributed by atoms with Crippen molar-refractivity contribution in [2.24, 2.45) is 0 Å². The largest absolute Gasteiger partial charge is 0.417 e. The topological polar surface area (TPSA) is 46.4 Å². The molecule has 0 unspecified atom stereocenters. The fourth-order valence-corrected chi connectivity index (χ4v) is 2.38. The molecule has 0 aliphatic heterocycles. The number of amides is 1. The number of aryl methyl sites for hydroxylation is 1. The normalized spacial score (nSPS) is 11.8. The summed E-state index contributed by atoms with van der Waals surface area (Å²) in [4.78, 5) is 16.4. The van der Waals surface area contributed by atoms with Crippen molar-refractivity contribution in [3.63, 3.8) is 0 Å². The smallest absolute Gasteiger partial charge is 0.318 e. The first-order chi connectivity index (χ1) is 11.7. The highest BCUT2D eigenvalue weighted by Gasteiger charge is 2.31. The Morgan fingerprint density at radius 3 is 2.56 bits per heavy atom. The number of alkyl halides is 3. The van der Waals surface area contributed by atoms with Gasteiger partial charge < -0.3 is 5.32 Å². The molecule has 0 atom stereocenters. The average molecular weight is 355 g/mol. The minimum Gasteiger partial charge on any atom is -0.318 e. The quantitative estimate of drug-likeness (QED) is 0.701. The van der Waals surface area contributed by atoms with Crippen LogP contribution in [0.15, 0.2) is 36.5 Å². The van der Waals surface area contributed by atoms with Crippen molar-refractivity contribution >= 4 is 17.2 Å². The molecule has 0 radical (unpaired) electrons. The number of anilines is 1. The van der Waals surface area contributed by atoms with E-state index in [1.807, 2.05) is 0 Å². The maximum absolute atomic E-state index is 13.7. The summed E-state index contributed by atoms with van der Waals surface area (Å²) >= 11 is 0. The minimum atomic E-state index is -4.60. The zero-order valence-electron chi connectivity index (χ0n) is 12.7. The standard InChI is InChI=1S/C16H10F5N3O/c1-8-14(15(25)23-12-6-10(17)3-4-11(12)18)24-7-9(16(19,20)21)2-5-13(24)22-8/h2-7H,1H3,(H,23,25). The zero-order valence-corrected chi connectivity index (χ0v) is 12.7. The molecule has 130 valence electrons. The molecule has 0 aliphatic rings. The van der Waals surface area contributed by atoms with Gasteiger partial charge in [-0.25, -0.2) is 13.8 Å². The van der Waals surface area contributed by atoms with Crippen LogP contribution in [0.4, 0.5) is 27.6 Å². The van der Waals surface area contributed by atoms with E-state index in [0.29, 0.717) is 0 Å². The molecular formula is C16H10F5N3O. The van der Waals surface area contributed by atoms with E-state index >= 15 is 0 Å². The lowest BCUT2D eigenvalue weighted by atomic mass is 10.2. The van der Waals surface area contributed by atoms with Crippen LogP contribution >= 0.6 is 0 Å². The Kier molecular flexibility index (Phi) is 3.94. The molecule has 1 aromatic carbocycles. The third-order valence-corrected chi connectivity index (χ3v) is 3.51. The highest BCUT2D eigenvalue weighted by atomic mass is 19.4. The predicted octanol–water partition coefficient (Wildman–Crippen LogP) is 4.19. The molecule has 2 heterocycles. The van der Waals surface area contributed by atoms with Crippen molar-refractivity contribution in [1.29, 1.82) is 0 Å². The second-order valence-electron chi connectivity index (χ2n) is 5.27. The molecular weight excluding hydrogens is 345 g/mol. The maximum atomic E-state index is 13.7. The van der Waals surface area contributed by atoms with Gasteiger partial charge in [0.2, 0.25) is 0 Å². The summed E-state index contributed by atoms with van der Waals surface area (Å²) < 4.78 is 66.4. The molecule has 0 aliphatic carbocycles. The van der Waals surface area contributed by atoms with E-state index in [4.69, 9.17) is 0 Å². The van der Waals surface area contributed by atoms with Crippen LogP contribution in [0.1, 0.15) is 21.7 Å². The summed E-state index contributed by atoms with van der Waals surface area (Å²) in [6.45, 7) is 1.43. The fourth-order valence-electron chi connectivity index (χ4n) is 2.38. The molecule has 3 aromatic rings. The minimum absolute atomic E-state index is 0.121. The first-order valence-electron chi connectivity index (χ1n) is 6.99. The number of nitrogens with zero attached hydrogens (tertiary/aromatic N) is 2. The summed E-state index contributed by atoms with van der Waals surface area (Å²) in [5.74, 6) is -2.56. The van der Waals surface area contributed by atoms with Gasteiger partial charge in [-0.15, -0.1) is 0 Å². The number of pyridine rings is 1. The lowest BCUT2D eigenvalue weighted by molar-refractivity contribution is -0.137. The molecule has 1 N–H and O–H groups in total. The zero-order chi connectivity index (χ0) is 18.4. The first kappa shape index (κ1) is 16.9. The van der Waals surface area contributed by atoms with Crippen LogP contribution in [0, 0.1) is 18.6 Å². The Morgan fingerprint density at radius 1 is 1.16 bits per heavy atom. The van der Waals surface area contributed by atoms with Crippen LogP contribution in [0.5, 0.6) is 0 Å². The Morgan fingerprint density at radius 2 is 1.88 bits per heavy atom. The van der Waals surface area contributed by atoms with Crippen molar-refractivity contribution in [1.82, 2.24) is 9.38 Å². The monoisotopic (exact) mass is 355 g/mol. The van der Waals surface area contributed by atoms with Crippen LogP contribution in [-0.2, 0) is 6.18 Å². The molecule has 9 heteroatoms. The number of rotatable bonds is 2. The van der Waals surface area contributed by atoms with Gasteiger partial charge in [-0.3, -0.25) is 9.20 Å². The summed E-state index contributed by atoms with van der Waals surface area (Å²) in [5.41, 5.74) is -1.33. The molecule has 2 aromatic heterocycles. The van der Waals surface area contributed by atoms with Gasteiger partial charge in [-0.1, -0.05) is 0 Å². The van der Waals surface area contributed by atoms with E-state index in [-0.39, 0.29) is 17.0 Å². The van der Waals surface area contributed by atoms with E-state index in [1.165, 1.54) is 6.92 Å². The predicted molar refractivity (Wildman–Crippen MR) is 79.2 cm³/mol. The van der Waals surface area contributed by atoms with E-state index in [2.05, 4.69) is 10.3 Å². The molecule has 3 rings (SSSR count). The van der Waals surface area contributed by atoms with Crippen molar-refractivity contribution in [2.75, 3.05) is 5.32 Å². The Balaban J connectivity index is 2.06. The Bertz CT molecular complexity index is 978. The van der Waals surface area contributed by atoms with Crippen LogP contribution < -0.4 is 5.32 Å². The highest BCUT2D eigenvalue weighted by molar-refractivity contribution is 6.04. The molecule has 1 amide bonds. The average Bonchev–Trinajstić information content (AvgIpc) is 2.85. The number of fused-ring (bicyclic) bond motifs is 1. The van der Waals surface area contributed by atoms with E-state index < -0.39 is 35.0 Å². The third-order valence-electron chi connectivity index (χ3n) is 3.51. The van der Waals surface area contributed by atoms with Crippen LogP contribution in [-0.4, -0.2) is 15.3 Å². The molecule has 0 saturated carbocycles. The fraction of sp³-hybridized carbons (Fsp3) is 0.125. The highest BCUT2D eigenvalue weighted by Crippen LogP contribution is 2.30. The van der Waals surface area contributed by atoms with Crippen molar-refractivity contribution in [2.45, 2.75) is 13.1 Å². The summed E-state index contributed by atoms with van der Waals surface area (Å²) in [6, 6.07) is 4.44. The molecule has 0 saturated heterocycles. The Hall–Kier alpha value is -2.97. The lowest BCUT2D eigenvalue weighted by Gasteiger charge is -2.09. The molecule has 25 heavy (non-hydrogen) atoms. The van der Waals surface area contributed by atoms with Gasteiger partial charge in [-0.05, 0) is 31.2 Å². The number of hydrogen-bond donors (Lipinski definition) is 1. The molecule has 0 bridgehead atoms. The number of hydrogen-bond acceptors (Lipinski definition) is 2. The number of imidazole rings is 1. The maximum Gasteiger partial charge on any atom is 0.417 e. The lowest BCUT2D eigenvalue weighted by Crippen LogP contribution is -2.17. The number of halogens is 5. The number of carbonyl (C=O) groups is 1. The third kappa shape index (κ3) is 3.17.